The van der Waals surface area contributed by atoms with Gasteiger partial charge in [0.1, 0.15) is 0 Å². The number of nitrogens with one attached hydrogen (secondary N) is 1. The first-order valence-electron chi connectivity index (χ1n) is 7.18. The largest absolute Gasteiger partial charge is 0.379 e. The standard InChI is InChI=1S/C18H19NO2/c1-18(12-21-13-18)17(20)19-16(14-8-4-2-5-9-14)15-10-6-3-7-11-15/h2-11,16H,12-13H2,1H3,(H,19,20). The molecule has 0 spiro atoms. The Balaban J connectivity index is 1.88. The highest BCUT2D eigenvalue weighted by atomic mass is 16.5. The maximum atomic E-state index is 12.5. The van der Waals surface area contributed by atoms with Crippen LogP contribution in [0.5, 0.6) is 0 Å². The maximum absolute atomic E-state index is 12.5. The number of benzene rings is 2. The Kier molecular flexibility index (Phi) is 3.76. The Bertz CT molecular complexity index is 566. The van der Waals surface area contributed by atoms with Gasteiger partial charge in [-0.15, -0.1) is 0 Å². The van der Waals surface area contributed by atoms with Crippen molar-refractivity contribution in [1.29, 1.82) is 0 Å². The molecule has 1 N–H and O–H groups in total. The molecule has 1 amide bonds. The minimum absolute atomic E-state index is 0.0476. The van der Waals surface area contributed by atoms with Crippen LogP contribution in [0.3, 0.4) is 0 Å². The SMILES string of the molecule is CC1(C(=O)NC(c2ccccc2)c2ccccc2)COC1. The molecule has 0 saturated carbocycles. The summed E-state index contributed by atoms with van der Waals surface area (Å²) in [5.41, 5.74) is 1.77. The zero-order chi connectivity index (χ0) is 14.7. The molecule has 21 heavy (non-hydrogen) atoms. The molecule has 1 aliphatic rings. The van der Waals surface area contributed by atoms with Crippen molar-refractivity contribution in [3.8, 4) is 0 Å². The van der Waals surface area contributed by atoms with Crippen LogP contribution in [0.4, 0.5) is 0 Å². The fraction of sp³-hybridized carbons (Fsp3) is 0.278. The molecule has 1 saturated heterocycles. The molecule has 0 radical (unpaired) electrons. The van der Waals surface area contributed by atoms with E-state index < -0.39 is 5.41 Å². The number of carbonyl (C=O) groups is 1. The minimum Gasteiger partial charge on any atom is -0.379 e. The van der Waals surface area contributed by atoms with E-state index in [0.717, 1.165) is 11.1 Å². The fourth-order valence-electron chi connectivity index (χ4n) is 2.49. The average Bonchev–Trinajstić information content (AvgIpc) is 2.51. The molecule has 1 heterocycles. The molecule has 0 atom stereocenters. The van der Waals surface area contributed by atoms with Crippen LogP contribution in [0.1, 0.15) is 24.1 Å². The van der Waals surface area contributed by atoms with Gasteiger partial charge in [0, 0.05) is 0 Å². The van der Waals surface area contributed by atoms with Crippen molar-refractivity contribution in [3.05, 3.63) is 71.8 Å². The second-order valence-corrected chi connectivity index (χ2v) is 5.78. The van der Waals surface area contributed by atoms with Crippen molar-refractivity contribution in [2.45, 2.75) is 13.0 Å². The van der Waals surface area contributed by atoms with Gasteiger partial charge in [0.25, 0.3) is 0 Å². The Morgan fingerprint density at radius 2 is 1.48 bits per heavy atom. The molecule has 2 aromatic rings. The first-order chi connectivity index (χ1) is 10.2. The van der Waals surface area contributed by atoms with Crippen molar-refractivity contribution in [2.75, 3.05) is 13.2 Å². The molecule has 2 aromatic carbocycles. The molecule has 1 aliphatic heterocycles. The second-order valence-electron chi connectivity index (χ2n) is 5.78. The lowest BCUT2D eigenvalue weighted by molar-refractivity contribution is -0.158. The van der Waals surface area contributed by atoms with E-state index in [1.165, 1.54) is 0 Å². The molecule has 108 valence electrons. The minimum atomic E-state index is -0.401. The Morgan fingerprint density at radius 3 is 1.86 bits per heavy atom. The lowest BCUT2D eigenvalue weighted by atomic mass is 9.86. The summed E-state index contributed by atoms with van der Waals surface area (Å²) in [6.07, 6.45) is 0. The number of carbonyl (C=O) groups excluding carboxylic acids is 1. The van der Waals surface area contributed by atoms with Crippen LogP contribution in [0.2, 0.25) is 0 Å². The van der Waals surface area contributed by atoms with Crippen LogP contribution in [0, 0.1) is 5.41 Å². The molecule has 0 aromatic heterocycles. The van der Waals surface area contributed by atoms with Gasteiger partial charge in [0.05, 0.1) is 24.7 Å². The summed E-state index contributed by atoms with van der Waals surface area (Å²) in [5, 5.41) is 3.17. The third-order valence-corrected chi connectivity index (χ3v) is 3.93. The first kappa shape index (κ1) is 13.8. The molecular weight excluding hydrogens is 262 g/mol. The van der Waals surface area contributed by atoms with E-state index in [1.807, 2.05) is 67.6 Å². The third-order valence-electron chi connectivity index (χ3n) is 3.93. The summed E-state index contributed by atoms with van der Waals surface area (Å²) in [5.74, 6) is 0.0476. The highest BCUT2D eigenvalue weighted by Gasteiger charge is 2.41. The average molecular weight is 281 g/mol. The van der Waals surface area contributed by atoms with E-state index in [9.17, 15) is 4.79 Å². The van der Waals surface area contributed by atoms with E-state index in [2.05, 4.69) is 5.32 Å². The van der Waals surface area contributed by atoms with E-state index >= 15 is 0 Å². The topological polar surface area (TPSA) is 38.3 Å². The van der Waals surface area contributed by atoms with Crippen molar-refractivity contribution < 1.29 is 9.53 Å². The summed E-state index contributed by atoms with van der Waals surface area (Å²) < 4.78 is 5.19. The van der Waals surface area contributed by atoms with E-state index in [0.29, 0.717) is 13.2 Å². The lowest BCUT2D eigenvalue weighted by Crippen LogP contribution is -2.52. The zero-order valence-corrected chi connectivity index (χ0v) is 12.1. The smallest absolute Gasteiger partial charge is 0.231 e. The van der Waals surface area contributed by atoms with Crippen LogP contribution < -0.4 is 5.32 Å². The highest BCUT2D eigenvalue weighted by molar-refractivity contribution is 5.84. The van der Waals surface area contributed by atoms with Gasteiger partial charge in [-0.2, -0.15) is 0 Å². The van der Waals surface area contributed by atoms with Gasteiger partial charge in [0.2, 0.25) is 5.91 Å². The number of ether oxygens (including phenoxy) is 1. The number of hydrogen-bond donors (Lipinski definition) is 1. The summed E-state index contributed by atoms with van der Waals surface area (Å²) in [6, 6.07) is 20.0. The fourth-order valence-corrected chi connectivity index (χ4v) is 2.49. The van der Waals surface area contributed by atoms with Crippen LogP contribution in [-0.4, -0.2) is 19.1 Å². The van der Waals surface area contributed by atoms with Crippen LogP contribution in [-0.2, 0) is 9.53 Å². The van der Waals surface area contributed by atoms with E-state index in [1.54, 1.807) is 0 Å². The van der Waals surface area contributed by atoms with Crippen LogP contribution in [0.25, 0.3) is 0 Å². The Morgan fingerprint density at radius 1 is 1.00 bits per heavy atom. The van der Waals surface area contributed by atoms with Gasteiger partial charge in [-0.3, -0.25) is 4.79 Å². The van der Waals surface area contributed by atoms with Crippen molar-refractivity contribution in [2.24, 2.45) is 5.41 Å². The third kappa shape index (κ3) is 2.83. The van der Waals surface area contributed by atoms with Gasteiger partial charge in [0.15, 0.2) is 0 Å². The summed E-state index contributed by atoms with van der Waals surface area (Å²) >= 11 is 0. The normalized spacial score (nSPS) is 16.3. The molecule has 1 fully saturated rings. The molecule has 0 aliphatic carbocycles. The Hall–Kier alpha value is -2.13. The van der Waals surface area contributed by atoms with Gasteiger partial charge in [-0.05, 0) is 18.1 Å². The molecule has 0 bridgehead atoms. The monoisotopic (exact) mass is 281 g/mol. The predicted octanol–water partition coefficient (Wildman–Crippen LogP) is 2.93. The molecular formula is C18H19NO2. The molecule has 3 rings (SSSR count). The summed E-state index contributed by atoms with van der Waals surface area (Å²) in [7, 11) is 0. The van der Waals surface area contributed by atoms with Gasteiger partial charge >= 0.3 is 0 Å². The van der Waals surface area contributed by atoms with Crippen LogP contribution in [0.15, 0.2) is 60.7 Å². The predicted molar refractivity (Wildman–Crippen MR) is 81.8 cm³/mol. The second kappa shape index (κ2) is 5.70. The lowest BCUT2D eigenvalue weighted by Gasteiger charge is -2.37. The van der Waals surface area contributed by atoms with Crippen molar-refractivity contribution in [1.82, 2.24) is 5.32 Å². The molecule has 0 unspecified atom stereocenters. The first-order valence-corrected chi connectivity index (χ1v) is 7.18. The van der Waals surface area contributed by atoms with E-state index in [4.69, 9.17) is 4.74 Å². The van der Waals surface area contributed by atoms with Crippen molar-refractivity contribution >= 4 is 5.91 Å². The summed E-state index contributed by atoms with van der Waals surface area (Å²) in [6.45, 7) is 2.93. The van der Waals surface area contributed by atoms with Gasteiger partial charge in [-0.25, -0.2) is 0 Å². The number of hydrogen-bond acceptors (Lipinski definition) is 2. The zero-order valence-electron chi connectivity index (χ0n) is 12.1. The van der Waals surface area contributed by atoms with Crippen molar-refractivity contribution in [3.63, 3.8) is 0 Å². The summed E-state index contributed by atoms with van der Waals surface area (Å²) in [4.78, 5) is 12.5. The number of amides is 1. The van der Waals surface area contributed by atoms with Crippen LogP contribution >= 0.6 is 0 Å². The quantitative estimate of drug-likeness (QED) is 0.935. The van der Waals surface area contributed by atoms with Gasteiger partial charge in [-0.1, -0.05) is 60.7 Å². The highest BCUT2D eigenvalue weighted by Crippen LogP contribution is 2.29. The molecule has 3 nitrogen and oxygen atoms in total. The number of rotatable bonds is 4. The molecule has 3 heteroatoms. The van der Waals surface area contributed by atoms with Gasteiger partial charge < -0.3 is 10.1 Å². The Labute approximate surface area is 124 Å². The van der Waals surface area contributed by atoms with E-state index in [-0.39, 0.29) is 11.9 Å². The maximum Gasteiger partial charge on any atom is 0.231 e.